The van der Waals surface area contributed by atoms with Crippen molar-refractivity contribution in [3.8, 4) is 0 Å². The van der Waals surface area contributed by atoms with Gasteiger partial charge in [0.1, 0.15) is 5.82 Å². The number of aryl methyl sites for hydroxylation is 1. The Balaban J connectivity index is 1.26. The fourth-order valence-electron chi connectivity index (χ4n) is 4.85. The molecule has 37 heavy (non-hydrogen) atoms. The van der Waals surface area contributed by atoms with Crippen LogP contribution in [0, 0.1) is 6.92 Å². The number of hydrogen-bond donors (Lipinski definition) is 2. The first-order valence-electron chi connectivity index (χ1n) is 13.2. The molecular formula is C28H37N7OS. The molecule has 8 nitrogen and oxygen atoms in total. The number of hydrogen-bond acceptors (Lipinski definition) is 8. The van der Waals surface area contributed by atoms with Crippen LogP contribution >= 0.6 is 0 Å². The number of piperazine rings is 1. The number of benzene rings is 2. The lowest BCUT2D eigenvalue weighted by molar-refractivity contribution is 0.268. The summed E-state index contributed by atoms with van der Waals surface area (Å²) in [4.78, 5) is 14.8. The molecule has 3 heterocycles. The maximum Gasteiger partial charge on any atom is 0.229 e. The molecule has 2 unspecified atom stereocenters. The Labute approximate surface area is 223 Å². The summed E-state index contributed by atoms with van der Waals surface area (Å²) in [6.45, 7) is 9.29. The molecule has 3 aromatic rings. The van der Waals surface area contributed by atoms with E-state index in [9.17, 15) is 4.55 Å². The molecule has 9 heteroatoms. The zero-order chi connectivity index (χ0) is 25.8. The van der Waals surface area contributed by atoms with Crippen molar-refractivity contribution in [2.75, 3.05) is 55.3 Å². The average molecular weight is 520 g/mol. The number of rotatable bonds is 7. The average Bonchev–Trinajstić information content (AvgIpc) is 2.92. The molecule has 2 aliphatic heterocycles. The first-order valence-corrected chi connectivity index (χ1v) is 14.3. The predicted molar refractivity (Wildman–Crippen MR) is 152 cm³/mol. The Hall–Kier alpha value is -2.85. The molecule has 0 aliphatic carbocycles. The third-order valence-electron chi connectivity index (χ3n) is 7.22. The van der Waals surface area contributed by atoms with Gasteiger partial charge in [-0.2, -0.15) is 4.98 Å². The molecule has 2 aliphatic rings. The van der Waals surface area contributed by atoms with E-state index < -0.39 is 11.4 Å². The largest absolute Gasteiger partial charge is 0.593 e. The zero-order valence-corrected chi connectivity index (χ0v) is 22.8. The minimum Gasteiger partial charge on any atom is -0.593 e. The Morgan fingerprint density at radius 1 is 0.946 bits per heavy atom. The fraction of sp³-hybridized carbons (Fsp3) is 0.429. The van der Waals surface area contributed by atoms with Crippen LogP contribution in [0.2, 0.25) is 0 Å². The van der Waals surface area contributed by atoms with Crippen LogP contribution in [0.3, 0.4) is 0 Å². The molecule has 2 aromatic carbocycles. The van der Waals surface area contributed by atoms with Gasteiger partial charge in [0.2, 0.25) is 5.95 Å². The first-order chi connectivity index (χ1) is 18.0. The maximum atomic E-state index is 13.2. The quantitative estimate of drug-likeness (QED) is 0.426. The van der Waals surface area contributed by atoms with Crippen molar-refractivity contribution in [2.45, 2.75) is 44.0 Å². The van der Waals surface area contributed by atoms with Crippen LogP contribution in [0.1, 0.15) is 31.7 Å². The number of nitrogens with zero attached hydrogens (tertiary/aromatic N) is 5. The molecule has 2 atom stereocenters. The van der Waals surface area contributed by atoms with Crippen molar-refractivity contribution in [1.29, 1.82) is 0 Å². The van der Waals surface area contributed by atoms with Gasteiger partial charge in [0, 0.05) is 67.6 Å². The summed E-state index contributed by atoms with van der Waals surface area (Å²) in [6, 6.07) is 16.6. The molecule has 1 aromatic heterocycles. The number of piperidine rings is 1. The monoisotopic (exact) mass is 519 g/mol. The van der Waals surface area contributed by atoms with E-state index in [1.54, 1.807) is 0 Å². The number of nitrogens with one attached hydrogen (secondary N) is 2. The van der Waals surface area contributed by atoms with Gasteiger partial charge in [-0.05, 0) is 70.1 Å². The van der Waals surface area contributed by atoms with E-state index in [0.29, 0.717) is 12.0 Å². The molecule has 2 N–H and O–H groups in total. The highest BCUT2D eigenvalue weighted by Crippen LogP contribution is 2.28. The topological polar surface area (TPSA) is 82.6 Å². The second-order valence-corrected chi connectivity index (χ2v) is 11.5. The first kappa shape index (κ1) is 25.8. The molecule has 0 bridgehead atoms. The highest BCUT2D eigenvalue weighted by Gasteiger charge is 2.30. The Morgan fingerprint density at radius 2 is 1.73 bits per heavy atom. The van der Waals surface area contributed by atoms with Gasteiger partial charge in [-0.25, -0.2) is 4.98 Å². The summed E-state index contributed by atoms with van der Waals surface area (Å²) in [6.07, 6.45) is 5.22. The van der Waals surface area contributed by atoms with Crippen LogP contribution < -0.4 is 15.5 Å². The summed E-state index contributed by atoms with van der Waals surface area (Å²) < 4.78 is 15.4. The molecule has 0 spiro atoms. The van der Waals surface area contributed by atoms with Gasteiger partial charge in [0.05, 0.1) is 17.4 Å². The van der Waals surface area contributed by atoms with Crippen molar-refractivity contribution < 1.29 is 4.55 Å². The molecule has 0 saturated carbocycles. The Morgan fingerprint density at radius 3 is 2.49 bits per heavy atom. The standard InChI is InChI=1S/C28H37N7OS/c1-21-20-29-28(31-23-10-12-25(13-11-23)34-17-15-33(3)16-18-34)32-27(21)30-24-8-6-9-26(19-24)37(36)35-14-5-4-7-22(35)2/h6,8-13,19-20,22H,4-5,7,14-18H2,1-3H3,(H2,29,30,31,32). The van der Waals surface area contributed by atoms with Crippen molar-refractivity contribution in [1.82, 2.24) is 19.2 Å². The zero-order valence-electron chi connectivity index (χ0n) is 22.0. The summed E-state index contributed by atoms with van der Waals surface area (Å²) in [5.74, 6) is 1.25. The van der Waals surface area contributed by atoms with Crippen molar-refractivity contribution in [2.24, 2.45) is 0 Å². The predicted octanol–water partition coefficient (Wildman–Crippen LogP) is 4.92. The maximum absolute atomic E-state index is 13.2. The molecule has 196 valence electrons. The summed E-state index contributed by atoms with van der Waals surface area (Å²) in [7, 11) is 2.17. The normalized spacial score (nSPS) is 20.0. The van der Waals surface area contributed by atoms with E-state index in [1.807, 2.05) is 37.4 Å². The number of aromatic nitrogens is 2. The molecule has 2 saturated heterocycles. The van der Waals surface area contributed by atoms with Gasteiger partial charge in [0.25, 0.3) is 0 Å². The molecule has 2 fully saturated rings. The summed E-state index contributed by atoms with van der Waals surface area (Å²) in [5.41, 5.74) is 3.98. The fourth-order valence-corrected chi connectivity index (χ4v) is 6.27. The highest BCUT2D eigenvalue weighted by atomic mass is 32.2. The Kier molecular flexibility index (Phi) is 8.14. The van der Waals surface area contributed by atoms with Crippen LogP contribution in [0.4, 0.5) is 28.8 Å². The third kappa shape index (κ3) is 6.35. The molecule has 5 rings (SSSR count). The van der Waals surface area contributed by atoms with Crippen molar-refractivity contribution >= 4 is 40.2 Å². The van der Waals surface area contributed by atoms with Crippen molar-refractivity contribution in [3.63, 3.8) is 0 Å². The van der Waals surface area contributed by atoms with E-state index >= 15 is 0 Å². The summed E-state index contributed by atoms with van der Waals surface area (Å²) >= 11 is -1.17. The highest BCUT2D eigenvalue weighted by molar-refractivity contribution is 7.89. The number of anilines is 5. The van der Waals surface area contributed by atoms with Crippen LogP contribution in [0.25, 0.3) is 0 Å². The lowest BCUT2D eigenvalue weighted by atomic mass is 10.1. The third-order valence-corrected chi connectivity index (χ3v) is 8.84. The van der Waals surface area contributed by atoms with Gasteiger partial charge < -0.3 is 25.0 Å². The lowest BCUT2D eigenvalue weighted by Crippen LogP contribution is -2.44. The van der Waals surface area contributed by atoms with Crippen LogP contribution in [0.5, 0.6) is 0 Å². The summed E-state index contributed by atoms with van der Waals surface area (Å²) in [5, 5.41) is 6.74. The van der Waals surface area contributed by atoms with Crippen LogP contribution in [0.15, 0.2) is 59.6 Å². The second kappa shape index (κ2) is 11.7. The van der Waals surface area contributed by atoms with E-state index in [1.165, 1.54) is 12.1 Å². The SMILES string of the molecule is Cc1cnc(Nc2ccc(N3CCN(C)CC3)cc2)nc1Nc1cccc([S+]([O-])N2CCCCC2C)c1. The number of likely N-dealkylation sites (N-methyl/N-ethyl adjacent to an activating group) is 1. The Bertz CT molecular complexity index is 1180. The molecule has 0 amide bonds. The van der Waals surface area contributed by atoms with Crippen LogP contribution in [-0.4, -0.2) is 69.5 Å². The lowest BCUT2D eigenvalue weighted by Gasteiger charge is -2.34. The van der Waals surface area contributed by atoms with Gasteiger partial charge in [0.15, 0.2) is 4.90 Å². The minimum atomic E-state index is -1.17. The van der Waals surface area contributed by atoms with E-state index in [-0.39, 0.29) is 0 Å². The van der Waals surface area contributed by atoms with Gasteiger partial charge in [-0.1, -0.05) is 12.5 Å². The van der Waals surface area contributed by atoms with E-state index in [0.717, 1.165) is 73.2 Å². The van der Waals surface area contributed by atoms with Gasteiger partial charge in [-0.15, -0.1) is 4.31 Å². The van der Waals surface area contributed by atoms with Crippen molar-refractivity contribution in [3.05, 3.63) is 60.3 Å². The smallest absolute Gasteiger partial charge is 0.229 e. The minimum absolute atomic E-state index is 0.333. The molecule has 0 radical (unpaired) electrons. The van der Waals surface area contributed by atoms with Crippen LogP contribution in [-0.2, 0) is 11.4 Å². The second-order valence-electron chi connectivity index (χ2n) is 10.1. The van der Waals surface area contributed by atoms with E-state index in [4.69, 9.17) is 4.98 Å². The van der Waals surface area contributed by atoms with E-state index in [2.05, 4.69) is 68.0 Å². The van der Waals surface area contributed by atoms with Gasteiger partial charge in [-0.3, -0.25) is 0 Å². The molecular weight excluding hydrogens is 482 g/mol. The van der Waals surface area contributed by atoms with Gasteiger partial charge >= 0.3 is 0 Å².